The predicted octanol–water partition coefficient (Wildman–Crippen LogP) is 1.72. The molecule has 0 amide bonds. The Hall–Kier alpha value is -2.06. The van der Waals surface area contributed by atoms with Crippen LogP contribution in [0.4, 0.5) is 5.69 Å². The Morgan fingerprint density at radius 3 is 2.90 bits per heavy atom. The summed E-state index contributed by atoms with van der Waals surface area (Å²) in [7, 11) is 0. The Morgan fingerprint density at radius 2 is 2.25 bits per heavy atom. The molecule has 2 aromatic rings. The summed E-state index contributed by atoms with van der Waals surface area (Å²) in [6.07, 6.45) is 0. The van der Waals surface area contributed by atoms with Crippen LogP contribution in [-0.2, 0) is 6.54 Å². The van der Waals surface area contributed by atoms with Crippen LogP contribution >= 0.6 is 11.6 Å². The third kappa shape index (κ3) is 3.09. The molecule has 0 atom stereocenters. The van der Waals surface area contributed by atoms with Crippen LogP contribution in [0.3, 0.4) is 0 Å². The number of hydrogen-bond acceptors (Lipinski definition) is 6. The van der Waals surface area contributed by atoms with E-state index in [4.69, 9.17) is 11.6 Å². The second-order valence-electron chi connectivity index (χ2n) is 4.44. The standard InChI is InChI=1S/C11H13ClN6O2/c1-7(2)13-6-11-14-15-16-17(11)8-3-4-9(12)10(5-8)18(19)20/h3-5,7,13H,6H2,1-2H3. The number of hydrogen-bond donors (Lipinski definition) is 1. The van der Waals surface area contributed by atoms with Gasteiger partial charge in [0.15, 0.2) is 5.82 Å². The van der Waals surface area contributed by atoms with Crippen LogP contribution in [0.2, 0.25) is 5.02 Å². The first-order chi connectivity index (χ1) is 9.49. The molecule has 0 spiro atoms. The van der Waals surface area contributed by atoms with Gasteiger partial charge in [-0.2, -0.15) is 4.68 Å². The van der Waals surface area contributed by atoms with Gasteiger partial charge in [-0.15, -0.1) is 5.10 Å². The maximum Gasteiger partial charge on any atom is 0.290 e. The van der Waals surface area contributed by atoms with Crippen molar-refractivity contribution in [1.29, 1.82) is 0 Å². The topological polar surface area (TPSA) is 98.8 Å². The van der Waals surface area contributed by atoms with E-state index >= 15 is 0 Å². The van der Waals surface area contributed by atoms with Crippen molar-refractivity contribution in [3.05, 3.63) is 39.2 Å². The lowest BCUT2D eigenvalue weighted by Gasteiger charge is -2.08. The van der Waals surface area contributed by atoms with E-state index < -0.39 is 4.92 Å². The molecule has 0 unspecified atom stereocenters. The number of nitrogens with zero attached hydrogens (tertiary/aromatic N) is 5. The van der Waals surface area contributed by atoms with Crippen molar-refractivity contribution in [3.8, 4) is 5.69 Å². The van der Waals surface area contributed by atoms with Crippen LogP contribution in [0.15, 0.2) is 18.2 Å². The normalized spacial score (nSPS) is 11.0. The smallest absolute Gasteiger partial charge is 0.290 e. The Labute approximate surface area is 119 Å². The van der Waals surface area contributed by atoms with Crippen LogP contribution in [0.25, 0.3) is 5.69 Å². The predicted molar refractivity (Wildman–Crippen MR) is 72.8 cm³/mol. The molecule has 1 N–H and O–H groups in total. The maximum atomic E-state index is 10.9. The first kappa shape index (κ1) is 14.4. The average Bonchev–Trinajstić information content (AvgIpc) is 2.85. The van der Waals surface area contributed by atoms with E-state index in [2.05, 4.69) is 20.8 Å². The van der Waals surface area contributed by atoms with Gasteiger partial charge in [0.05, 0.1) is 17.2 Å². The van der Waals surface area contributed by atoms with E-state index in [1.807, 2.05) is 13.8 Å². The highest BCUT2D eigenvalue weighted by Gasteiger charge is 2.16. The van der Waals surface area contributed by atoms with Crippen molar-refractivity contribution >= 4 is 17.3 Å². The molecule has 0 aliphatic heterocycles. The number of tetrazole rings is 1. The molecule has 0 saturated heterocycles. The third-order valence-corrected chi connectivity index (χ3v) is 2.89. The van der Waals surface area contributed by atoms with Crippen LogP contribution in [0, 0.1) is 10.1 Å². The van der Waals surface area contributed by atoms with E-state index in [0.29, 0.717) is 18.1 Å². The van der Waals surface area contributed by atoms with E-state index in [1.165, 1.54) is 16.8 Å². The van der Waals surface area contributed by atoms with Gasteiger partial charge < -0.3 is 5.32 Å². The van der Waals surface area contributed by atoms with E-state index in [9.17, 15) is 10.1 Å². The van der Waals surface area contributed by atoms with Crippen molar-refractivity contribution in [2.45, 2.75) is 26.4 Å². The quantitative estimate of drug-likeness (QED) is 0.666. The summed E-state index contributed by atoms with van der Waals surface area (Å²) in [5.74, 6) is 0.565. The van der Waals surface area contributed by atoms with Gasteiger partial charge in [-0.25, -0.2) is 0 Å². The summed E-state index contributed by atoms with van der Waals surface area (Å²) in [6.45, 7) is 4.46. The molecule has 8 nitrogen and oxygen atoms in total. The monoisotopic (exact) mass is 296 g/mol. The second kappa shape index (κ2) is 5.93. The summed E-state index contributed by atoms with van der Waals surface area (Å²) in [6, 6.07) is 4.71. The molecule has 0 aliphatic carbocycles. The van der Waals surface area contributed by atoms with Crippen LogP contribution in [0.5, 0.6) is 0 Å². The summed E-state index contributed by atoms with van der Waals surface area (Å²) in [4.78, 5) is 10.4. The Bertz CT molecular complexity index is 627. The van der Waals surface area contributed by atoms with Crippen molar-refractivity contribution in [3.63, 3.8) is 0 Å². The van der Waals surface area contributed by atoms with E-state index in [-0.39, 0.29) is 16.8 Å². The molecule has 0 bridgehead atoms. The van der Waals surface area contributed by atoms with Gasteiger partial charge >= 0.3 is 0 Å². The molecule has 9 heteroatoms. The molecular formula is C11H13ClN6O2. The van der Waals surface area contributed by atoms with Gasteiger partial charge in [0.25, 0.3) is 5.69 Å². The lowest BCUT2D eigenvalue weighted by Crippen LogP contribution is -2.24. The molecule has 1 aromatic heterocycles. The van der Waals surface area contributed by atoms with Gasteiger partial charge in [0.1, 0.15) is 5.02 Å². The fourth-order valence-electron chi connectivity index (χ4n) is 1.58. The average molecular weight is 297 g/mol. The highest BCUT2D eigenvalue weighted by atomic mass is 35.5. The molecule has 0 aliphatic rings. The number of nitrogens with one attached hydrogen (secondary N) is 1. The van der Waals surface area contributed by atoms with Crippen molar-refractivity contribution in [2.75, 3.05) is 0 Å². The van der Waals surface area contributed by atoms with Crippen LogP contribution in [-0.4, -0.2) is 31.2 Å². The number of aromatic nitrogens is 4. The lowest BCUT2D eigenvalue weighted by atomic mass is 10.3. The fourth-order valence-corrected chi connectivity index (χ4v) is 1.77. The van der Waals surface area contributed by atoms with Crippen LogP contribution < -0.4 is 5.32 Å². The third-order valence-electron chi connectivity index (χ3n) is 2.57. The Kier molecular flexibility index (Phi) is 4.26. The summed E-state index contributed by atoms with van der Waals surface area (Å²) < 4.78 is 1.44. The minimum Gasteiger partial charge on any atom is -0.308 e. The zero-order valence-corrected chi connectivity index (χ0v) is 11.7. The molecule has 0 radical (unpaired) electrons. The molecule has 1 heterocycles. The van der Waals surface area contributed by atoms with Gasteiger partial charge in [-0.3, -0.25) is 10.1 Å². The van der Waals surface area contributed by atoms with E-state index in [1.54, 1.807) is 6.07 Å². The van der Waals surface area contributed by atoms with Crippen molar-refractivity contribution < 1.29 is 4.92 Å². The first-order valence-corrected chi connectivity index (χ1v) is 6.32. The maximum absolute atomic E-state index is 10.9. The minimum atomic E-state index is -0.539. The zero-order chi connectivity index (χ0) is 14.7. The lowest BCUT2D eigenvalue weighted by molar-refractivity contribution is -0.384. The van der Waals surface area contributed by atoms with Gasteiger partial charge in [-0.05, 0) is 22.6 Å². The molecular weight excluding hydrogens is 284 g/mol. The largest absolute Gasteiger partial charge is 0.308 e. The molecule has 0 fully saturated rings. The van der Waals surface area contributed by atoms with Gasteiger partial charge in [-0.1, -0.05) is 25.4 Å². The number of halogens is 1. The molecule has 106 valence electrons. The van der Waals surface area contributed by atoms with Crippen molar-refractivity contribution in [2.24, 2.45) is 0 Å². The number of rotatable bonds is 5. The number of nitro benzene ring substituents is 1. The summed E-state index contributed by atoms with van der Waals surface area (Å²) >= 11 is 5.78. The molecule has 0 saturated carbocycles. The fraction of sp³-hybridized carbons (Fsp3) is 0.364. The molecule has 2 rings (SSSR count). The van der Waals surface area contributed by atoms with Crippen LogP contribution in [0.1, 0.15) is 19.7 Å². The second-order valence-corrected chi connectivity index (χ2v) is 4.84. The van der Waals surface area contributed by atoms with E-state index in [0.717, 1.165) is 0 Å². The SMILES string of the molecule is CC(C)NCc1nnnn1-c1ccc(Cl)c([N+](=O)[O-])c1. The minimum absolute atomic E-state index is 0.0775. The van der Waals surface area contributed by atoms with Gasteiger partial charge in [0, 0.05) is 12.1 Å². The summed E-state index contributed by atoms with van der Waals surface area (Å²) in [5, 5.41) is 25.5. The van der Waals surface area contributed by atoms with Crippen molar-refractivity contribution in [1.82, 2.24) is 25.5 Å². The molecule has 1 aromatic carbocycles. The number of nitro groups is 1. The highest BCUT2D eigenvalue weighted by Crippen LogP contribution is 2.26. The zero-order valence-electron chi connectivity index (χ0n) is 10.9. The number of benzene rings is 1. The highest BCUT2D eigenvalue weighted by molar-refractivity contribution is 6.32. The summed E-state index contributed by atoms with van der Waals surface area (Å²) in [5.41, 5.74) is 0.314. The molecule has 20 heavy (non-hydrogen) atoms. The Balaban J connectivity index is 2.35. The Morgan fingerprint density at radius 1 is 1.50 bits per heavy atom. The van der Waals surface area contributed by atoms with Gasteiger partial charge in [0.2, 0.25) is 0 Å². The first-order valence-electron chi connectivity index (χ1n) is 5.94.